The fourth-order valence-electron chi connectivity index (χ4n) is 8.17. The summed E-state index contributed by atoms with van der Waals surface area (Å²) in [6.07, 6.45) is 0.387. The van der Waals surface area contributed by atoms with Gasteiger partial charge in [-0.1, -0.05) is 11.6 Å². The number of pyridine rings is 1. The van der Waals surface area contributed by atoms with E-state index in [1.165, 1.54) is 0 Å². The maximum atomic E-state index is 16.9. The van der Waals surface area contributed by atoms with E-state index in [4.69, 9.17) is 31.8 Å². The van der Waals surface area contributed by atoms with E-state index in [0.29, 0.717) is 31.7 Å². The Hall–Kier alpha value is -3.23. The number of aromatic nitrogens is 3. The third-order valence-electron chi connectivity index (χ3n) is 10.6. The lowest BCUT2D eigenvalue weighted by Gasteiger charge is -2.37. The van der Waals surface area contributed by atoms with Crippen molar-refractivity contribution in [3.8, 4) is 23.1 Å². The van der Waals surface area contributed by atoms with Crippen LogP contribution in [0.4, 0.5) is 33.5 Å². The van der Waals surface area contributed by atoms with Gasteiger partial charge >= 0.3 is 12.2 Å². The van der Waals surface area contributed by atoms with Crippen molar-refractivity contribution < 1.29 is 31.4 Å². The molecule has 9 nitrogen and oxygen atoms in total. The van der Waals surface area contributed by atoms with Crippen molar-refractivity contribution in [1.29, 1.82) is 0 Å². The van der Waals surface area contributed by atoms with Crippen LogP contribution in [0.25, 0.3) is 22.2 Å². The first-order valence-corrected chi connectivity index (χ1v) is 16.6. The van der Waals surface area contributed by atoms with Crippen LogP contribution in [0.15, 0.2) is 12.1 Å². The molecule has 0 radical (unpaired) electrons. The fraction of sp³-hybridized carbons (Fsp3) is 0.594. The number of halogens is 6. The monoisotopic (exact) mass is 679 g/mol. The molecule has 0 bridgehead atoms. The summed E-state index contributed by atoms with van der Waals surface area (Å²) in [5.41, 5.74) is 2.19. The van der Waals surface area contributed by atoms with E-state index < -0.39 is 45.5 Å². The first kappa shape index (κ1) is 31.1. The van der Waals surface area contributed by atoms with Crippen molar-refractivity contribution >= 4 is 34.0 Å². The van der Waals surface area contributed by atoms with Crippen molar-refractivity contribution in [1.82, 2.24) is 25.2 Å². The van der Waals surface area contributed by atoms with Gasteiger partial charge in [0.25, 0.3) is 0 Å². The van der Waals surface area contributed by atoms with Gasteiger partial charge in [-0.05, 0) is 63.7 Å². The average molecular weight is 680 g/mol. The zero-order valence-electron chi connectivity index (χ0n) is 25.6. The van der Waals surface area contributed by atoms with Gasteiger partial charge in [0.15, 0.2) is 5.82 Å². The molecule has 15 heteroatoms. The molecule has 1 aromatic carbocycles. The van der Waals surface area contributed by atoms with Crippen LogP contribution < -0.4 is 25.4 Å². The Morgan fingerprint density at radius 3 is 2.70 bits per heavy atom. The molecule has 47 heavy (non-hydrogen) atoms. The molecule has 4 fully saturated rings. The zero-order chi connectivity index (χ0) is 32.7. The van der Waals surface area contributed by atoms with Crippen molar-refractivity contribution in [2.45, 2.75) is 80.8 Å². The van der Waals surface area contributed by atoms with Crippen LogP contribution in [0.2, 0.25) is 5.02 Å². The second-order valence-electron chi connectivity index (χ2n) is 13.6. The van der Waals surface area contributed by atoms with Gasteiger partial charge in [-0.3, -0.25) is 4.90 Å². The highest BCUT2D eigenvalue weighted by Crippen LogP contribution is 2.52. The summed E-state index contributed by atoms with van der Waals surface area (Å²) in [6.45, 7) is 2.86. The number of nitrogens with one attached hydrogen (secondary N) is 1. The molecule has 1 unspecified atom stereocenters. The molecule has 3 N–H and O–H groups in total. The van der Waals surface area contributed by atoms with E-state index in [9.17, 15) is 17.6 Å². The predicted molar refractivity (Wildman–Crippen MR) is 166 cm³/mol. The van der Waals surface area contributed by atoms with E-state index in [-0.39, 0.29) is 53.3 Å². The van der Waals surface area contributed by atoms with Gasteiger partial charge in [-0.2, -0.15) is 23.1 Å². The van der Waals surface area contributed by atoms with Crippen molar-refractivity contribution in [2.75, 3.05) is 50.0 Å². The van der Waals surface area contributed by atoms with Gasteiger partial charge < -0.3 is 25.4 Å². The summed E-state index contributed by atoms with van der Waals surface area (Å²) in [5.74, 6) is -0.829. The van der Waals surface area contributed by atoms with Gasteiger partial charge in [-0.15, -0.1) is 0 Å². The van der Waals surface area contributed by atoms with Gasteiger partial charge in [0.1, 0.15) is 35.2 Å². The molecule has 0 amide bonds. The van der Waals surface area contributed by atoms with Crippen LogP contribution in [-0.2, 0) is 6.18 Å². The Balaban J connectivity index is 1.32. The maximum absolute atomic E-state index is 16.9. The van der Waals surface area contributed by atoms with E-state index in [2.05, 4.69) is 25.1 Å². The third kappa shape index (κ3) is 5.30. The lowest BCUT2D eigenvalue weighted by molar-refractivity contribution is -0.137. The number of nitrogen functional groups attached to an aromatic ring is 1. The standard InChI is InChI=1S/C32H35ClF5N7O2/c33-21-12-18(39)11-20(23(21)32(36,37)38)25-24(35)26-22-27(43-29(42-26)47-16-31-4-2-9-44(31)14-17(34)13-31)45(15-19-3-1-8-40-19)30(5-6-30)7-10-46-28(22)41-25/h11-12,17,19,40H,1-10,13-16,39H2/t17-,19?,31+/m1/s1. The van der Waals surface area contributed by atoms with Gasteiger partial charge in [0, 0.05) is 48.8 Å². The summed E-state index contributed by atoms with van der Waals surface area (Å²) in [7, 11) is 0. The number of fused-ring (bicyclic) bond motifs is 1. The van der Waals surface area contributed by atoms with E-state index in [0.717, 1.165) is 63.7 Å². The van der Waals surface area contributed by atoms with Crippen molar-refractivity contribution in [2.24, 2.45) is 0 Å². The minimum absolute atomic E-state index is 0.0823. The lowest BCUT2D eigenvalue weighted by atomic mass is 9.95. The highest BCUT2D eigenvalue weighted by molar-refractivity contribution is 6.32. The highest BCUT2D eigenvalue weighted by Gasteiger charge is 2.52. The molecular weight excluding hydrogens is 645 g/mol. The predicted octanol–water partition coefficient (Wildman–Crippen LogP) is 5.91. The normalized spacial score (nSPS) is 26.8. The second-order valence-corrected chi connectivity index (χ2v) is 14.1. The zero-order valence-corrected chi connectivity index (χ0v) is 26.4. The maximum Gasteiger partial charge on any atom is 0.418 e. The quantitative estimate of drug-likeness (QED) is 0.243. The Labute approximate surface area is 273 Å². The van der Waals surface area contributed by atoms with Gasteiger partial charge in [0.2, 0.25) is 5.88 Å². The van der Waals surface area contributed by atoms with Crippen molar-refractivity contribution in [3.05, 3.63) is 28.5 Å². The summed E-state index contributed by atoms with van der Waals surface area (Å²) >= 11 is 6.05. The summed E-state index contributed by atoms with van der Waals surface area (Å²) in [6, 6.07) is 1.99. The highest BCUT2D eigenvalue weighted by atomic mass is 35.5. The molecule has 1 spiro atoms. The van der Waals surface area contributed by atoms with Crippen LogP contribution in [0, 0.1) is 5.82 Å². The summed E-state index contributed by atoms with van der Waals surface area (Å²) < 4.78 is 86.8. The molecule has 1 saturated carbocycles. The smallest absolute Gasteiger partial charge is 0.418 e. The average Bonchev–Trinajstić information content (AvgIpc) is 3.28. The fourth-order valence-corrected chi connectivity index (χ4v) is 8.51. The first-order valence-electron chi connectivity index (χ1n) is 16.2. The van der Waals surface area contributed by atoms with Crippen LogP contribution in [0.1, 0.15) is 56.9 Å². The van der Waals surface area contributed by atoms with Gasteiger partial charge in [0.05, 0.1) is 22.7 Å². The molecular formula is C32H35ClF5N7O2. The Kier molecular flexibility index (Phi) is 7.38. The van der Waals surface area contributed by atoms with Crippen LogP contribution in [0.3, 0.4) is 0 Å². The molecule has 8 rings (SSSR count). The van der Waals surface area contributed by atoms with Crippen LogP contribution in [0.5, 0.6) is 11.9 Å². The number of hydrogen-bond donors (Lipinski definition) is 2. The number of rotatable bonds is 6. The van der Waals surface area contributed by atoms with Crippen LogP contribution >= 0.6 is 11.6 Å². The number of anilines is 2. The number of alkyl halides is 4. The Bertz CT molecular complexity index is 1730. The SMILES string of the molecule is Nc1cc(Cl)c(C(F)(F)F)c(-c2nc3c4c(nc(OC[C@@]56CCCN5C[C@H](F)C6)nc4c2F)N(CC2CCCN2)C2(CCO3)CC2)c1. The Morgan fingerprint density at radius 2 is 1.96 bits per heavy atom. The molecule has 3 atom stereocenters. The summed E-state index contributed by atoms with van der Waals surface area (Å²) in [4.78, 5) is 17.9. The molecule has 4 aliphatic heterocycles. The number of nitrogens with zero attached hydrogens (tertiary/aromatic N) is 5. The van der Waals surface area contributed by atoms with Crippen LogP contribution in [-0.4, -0.2) is 82.5 Å². The molecule has 252 valence electrons. The first-order chi connectivity index (χ1) is 22.5. The van der Waals surface area contributed by atoms with E-state index >= 15 is 4.39 Å². The molecule has 2 aromatic heterocycles. The number of benzene rings is 1. The molecule has 1 aliphatic carbocycles. The van der Waals surface area contributed by atoms with E-state index in [1.807, 2.05) is 0 Å². The lowest BCUT2D eigenvalue weighted by Crippen LogP contribution is -2.47. The number of nitrogens with two attached hydrogens (primary N) is 1. The number of hydrogen-bond acceptors (Lipinski definition) is 9. The van der Waals surface area contributed by atoms with Crippen molar-refractivity contribution in [3.63, 3.8) is 0 Å². The minimum atomic E-state index is -4.94. The third-order valence-corrected chi connectivity index (χ3v) is 10.9. The summed E-state index contributed by atoms with van der Waals surface area (Å²) in [5, 5.41) is 3.01. The molecule has 5 aliphatic rings. The minimum Gasteiger partial charge on any atom is -0.477 e. The largest absolute Gasteiger partial charge is 0.477 e. The number of ether oxygens (including phenoxy) is 2. The molecule has 3 aromatic rings. The van der Waals surface area contributed by atoms with E-state index in [1.54, 1.807) is 0 Å². The molecule has 3 saturated heterocycles. The van der Waals surface area contributed by atoms with Gasteiger partial charge in [-0.25, -0.2) is 13.8 Å². The second kappa shape index (κ2) is 11.2. The Morgan fingerprint density at radius 1 is 1.13 bits per heavy atom. The topological polar surface area (TPSA) is 102 Å². The molecule has 6 heterocycles.